The summed E-state index contributed by atoms with van der Waals surface area (Å²) in [6.07, 6.45) is 0.826. The Labute approximate surface area is 90.4 Å². The molecule has 0 aliphatic carbocycles. The summed E-state index contributed by atoms with van der Waals surface area (Å²) in [5.74, 6) is 0.208. The van der Waals surface area contributed by atoms with E-state index in [0.717, 1.165) is 17.7 Å². The fourth-order valence-electron chi connectivity index (χ4n) is 1.91. The molecule has 1 aromatic rings. The number of para-hydroxylation sites is 1. The van der Waals surface area contributed by atoms with Crippen LogP contribution in [0.5, 0.6) is 0 Å². The number of nitrogens with one attached hydrogen (secondary N) is 1. The van der Waals surface area contributed by atoms with Crippen LogP contribution in [0.2, 0.25) is 0 Å². The van der Waals surface area contributed by atoms with Crippen LogP contribution in [0, 0.1) is 6.92 Å². The first-order valence-electron chi connectivity index (χ1n) is 5.13. The summed E-state index contributed by atoms with van der Waals surface area (Å²) in [5, 5.41) is 3.29. The molecule has 82 valence electrons. The van der Waals surface area contributed by atoms with Gasteiger partial charge in [0.2, 0.25) is 0 Å². The minimum atomic E-state index is -3.09. The number of benzene rings is 1. The minimum absolute atomic E-state index is 0.0450. The third-order valence-electron chi connectivity index (χ3n) is 2.83. The van der Waals surface area contributed by atoms with Gasteiger partial charge in [0.05, 0.1) is 16.3 Å². The number of rotatable bonds is 1. The smallest absolute Gasteiger partial charge is 0.182 e. The maximum Gasteiger partial charge on any atom is 0.182 e. The molecule has 2 rings (SSSR count). The Morgan fingerprint density at radius 2 is 2.20 bits per heavy atom. The molecule has 4 heteroatoms. The SMILES string of the molecule is CCC1CS(=O)(=O)c2cccc(C)c2N1. The van der Waals surface area contributed by atoms with E-state index in [2.05, 4.69) is 5.32 Å². The van der Waals surface area contributed by atoms with E-state index in [1.807, 2.05) is 19.9 Å². The van der Waals surface area contributed by atoms with Crippen LogP contribution in [0.15, 0.2) is 23.1 Å². The number of hydrogen-bond acceptors (Lipinski definition) is 3. The molecule has 0 bridgehead atoms. The number of anilines is 1. The molecule has 0 saturated heterocycles. The van der Waals surface area contributed by atoms with Gasteiger partial charge in [0.15, 0.2) is 9.84 Å². The Bertz CT molecular complexity index is 479. The van der Waals surface area contributed by atoms with E-state index < -0.39 is 9.84 Å². The molecule has 0 aromatic heterocycles. The Hall–Kier alpha value is -1.03. The molecule has 1 unspecified atom stereocenters. The Kier molecular flexibility index (Phi) is 2.46. The van der Waals surface area contributed by atoms with E-state index >= 15 is 0 Å². The van der Waals surface area contributed by atoms with Crippen LogP contribution >= 0.6 is 0 Å². The van der Waals surface area contributed by atoms with E-state index in [1.165, 1.54) is 0 Å². The first kappa shape index (κ1) is 10.5. The van der Waals surface area contributed by atoms with Gasteiger partial charge in [-0.25, -0.2) is 8.42 Å². The first-order chi connectivity index (χ1) is 7.04. The summed E-state index contributed by atoms with van der Waals surface area (Å²) in [6, 6.07) is 5.44. The van der Waals surface area contributed by atoms with Crippen molar-refractivity contribution in [3.05, 3.63) is 23.8 Å². The lowest BCUT2D eigenvalue weighted by molar-refractivity contribution is 0.583. The van der Waals surface area contributed by atoms with Crippen LogP contribution in [-0.2, 0) is 9.84 Å². The molecule has 0 saturated carbocycles. The maximum atomic E-state index is 12.0. The standard InChI is InChI=1S/C11H15NO2S/c1-3-9-7-15(13,14)10-6-4-5-8(2)11(10)12-9/h4-6,9,12H,3,7H2,1-2H3. The number of sulfone groups is 1. The highest BCUT2D eigenvalue weighted by atomic mass is 32.2. The van der Waals surface area contributed by atoms with Crippen LogP contribution < -0.4 is 5.32 Å². The van der Waals surface area contributed by atoms with Gasteiger partial charge in [0, 0.05) is 6.04 Å². The Morgan fingerprint density at radius 3 is 2.87 bits per heavy atom. The monoisotopic (exact) mass is 225 g/mol. The van der Waals surface area contributed by atoms with Gasteiger partial charge in [-0.3, -0.25) is 0 Å². The van der Waals surface area contributed by atoms with E-state index in [9.17, 15) is 8.42 Å². The largest absolute Gasteiger partial charge is 0.380 e. The molecule has 15 heavy (non-hydrogen) atoms. The van der Waals surface area contributed by atoms with Crippen molar-refractivity contribution in [3.63, 3.8) is 0 Å². The predicted octanol–water partition coefficient (Wildman–Crippen LogP) is 1.97. The van der Waals surface area contributed by atoms with Gasteiger partial charge in [0.25, 0.3) is 0 Å². The van der Waals surface area contributed by atoms with Crippen molar-refractivity contribution in [1.82, 2.24) is 0 Å². The summed E-state index contributed by atoms with van der Waals surface area (Å²) in [7, 11) is -3.09. The highest BCUT2D eigenvalue weighted by molar-refractivity contribution is 7.91. The van der Waals surface area contributed by atoms with Crippen molar-refractivity contribution in [2.24, 2.45) is 0 Å². The lowest BCUT2D eigenvalue weighted by atomic mass is 10.1. The highest BCUT2D eigenvalue weighted by Gasteiger charge is 2.29. The van der Waals surface area contributed by atoms with Crippen LogP contribution in [0.25, 0.3) is 0 Å². The third kappa shape index (κ3) is 1.74. The zero-order valence-electron chi connectivity index (χ0n) is 8.95. The van der Waals surface area contributed by atoms with E-state index in [0.29, 0.717) is 4.90 Å². The molecule has 1 atom stereocenters. The maximum absolute atomic E-state index is 12.0. The van der Waals surface area contributed by atoms with Gasteiger partial charge in [-0.15, -0.1) is 0 Å². The molecule has 0 radical (unpaired) electrons. The van der Waals surface area contributed by atoms with Gasteiger partial charge < -0.3 is 5.32 Å². The van der Waals surface area contributed by atoms with Crippen molar-refractivity contribution in [3.8, 4) is 0 Å². The summed E-state index contributed by atoms with van der Waals surface area (Å²) >= 11 is 0. The molecular formula is C11H15NO2S. The fraction of sp³-hybridized carbons (Fsp3) is 0.455. The van der Waals surface area contributed by atoms with E-state index in [4.69, 9.17) is 0 Å². The van der Waals surface area contributed by atoms with Crippen LogP contribution in [-0.4, -0.2) is 20.2 Å². The predicted molar refractivity (Wildman–Crippen MR) is 60.9 cm³/mol. The van der Waals surface area contributed by atoms with Gasteiger partial charge in [-0.1, -0.05) is 19.1 Å². The Balaban J connectivity index is 2.60. The van der Waals surface area contributed by atoms with Crippen molar-refractivity contribution in [2.75, 3.05) is 11.1 Å². The number of hydrogen-bond donors (Lipinski definition) is 1. The van der Waals surface area contributed by atoms with Crippen molar-refractivity contribution < 1.29 is 8.42 Å². The third-order valence-corrected chi connectivity index (χ3v) is 4.68. The van der Waals surface area contributed by atoms with Gasteiger partial charge in [0.1, 0.15) is 0 Å². The minimum Gasteiger partial charge on any atom is -0.380 e. The molecule has 1 aliphatic rings. The van der Waals surface area contributed by atoms with Gasteiger partial charge >= 0.3 is 0 Å². The normalized spacial score (nSPS) is 22.9. The molecule has 1 heterocycles. The second-order valence-corrected chi connectivity index (χ2v) is 5.98. The average Bonchev–Trinajstić information content (AvgIpc) is 2.18. The molecule has 0 amide bonds. The zero-order chi connectivity index (χ0) is 11.1. The summed E-state index contributed by atoms with van der Waals surface area (Å²) in [4.78, 5) is 0.451. The fourth-order valence-corrected chi connectivity index (χ4v) is 3.75. The molecule has 0 spiro atoms. The average molecular weight is 225 g/mol. The summed E-state index contributed by atoms with van der Waals surface area (Å²) in [6.45, 7) is 3.93. The number of fused-ring (bicyclic) bond motifs is 1. The molecule has 1 aromatic carbocycles. The van der Waals surface area contributed by atoms with E-state index in [-0.39, 0.29) is 11.8 Å². The van der Waals surface area contributed by atoms with Crippen LogP contribution in [0.3, 0.4) is 0 Å². The number of aryl methyl sites for hydroxylation is 1. The quantitative estimate of drug-likeness (QED) is 0.795. The highest BCUT2D eigenvalue weighted by Crippen LogP contribution is 2.31. The molecule has 3 nitrogen and oxygen atoms in total. The van der Waals surface area contributed by atoms with Gasteiger partial charge in [-0.05, 0) is 25.0 Å². The summed E-state index contributed by atoms with van der Waals surface area (Å²) in [5.41, 5.74) is 1.78. The first-order valence-corrected chi connectivity index (χ1v) is 6.78. The second-order valence-electron chi connectivity index (χ2n) is 3.98. The van der Waals surface area contributed by atoms with Crippen molar-refractivity contribution >= 4 is 15.5 Å². The van der Waals surface area contributed by atoms with Crippen molar-refractivity contribution in [1.29, 1.82) is 0 Å². The molecule has 0 fully saturated rings. The van der Waals surface area contributed by atoms with Crippen molar-refractivity contribution in [2.45, 2.75) is 31.2 Å². The lowest BCUT2D eigenvalue weighted by Crippen LogP contribution is -2.34. The topological polar surface area (TPSA) is 46.2 Å². The van der Waals surface area contributed by atoms with Crippen LogP contribution in [0.1, 0.15) is 18.9 Å². The van der Waals surface area contributed by atoms with Crippen LogP contribution in [0.4, 0.5) is 5.69 Å². The van der Waals surface area contributed by atoms with E-state index in [1.54, 1.807) is 12.1 Å². The zero-order valence-corrected chi connectivity index (χ0v) is 9.76. The second kappa shape index (κ2) is 3.52. The molecule has 1 N–H and O–H groups in total. The molecular weight excluding hydrogens is 210 g/mol. The van der Waals surface area contributed by atoms with Gasteiger partial charge in [-0.2, -0.15) is 0 Å². The lowest BCUT2D eigenvalue weighted by Gasteiger charge is -2.27. The summed E-state index contributed by atoms with van der Waals surface area (Å²) < 4.78 is 23.9. The molecule has 1 aliphatic heterocycles. The Morgan fingerprint density at radius 1 is 1.47 bits per heavy atom.